The summed E-state index contributed by atoms with van der Waals surface area (Å²) in [6.07, 6.45) is 5.35. The van der Waals surface area contributed by atoms with Crippen LogP contribution in [-0.4, -0.2) is 0 Å². The molecule has 0 aliphatic rings. The quantitative estimate of drug-likeness (QED) is 0.508. The van der Waals surface area contributed by atoms with E-state index in [2.05, 4.69) is 39.5 Å². The van der Waals surface area contributed by atoms with Gasteiger partial charge in [-0.25, -0.2) is 0 Å². The van der Waals surface area contributed by atoms with Crippen LogP contribution in [0.15, 0.2) is 24.3 Å². The van der Waals surface area contributed by atoms with Crippen molar-refractivity contribution in [3.63, 3.8) is 0 Å². The molecule has 0 bridgehead atoms. The minimum Gasteiger partial charge on any atom is -0.0956 e. The van der Waals surface area contributed by atoms with Crippen LogP contribution in [-0.2, 0) is 0 Å². The lowest BCUT2D eigenvalue weighted by atomic mass is 10.1. The van der Waals surface area contributed by atoms with Crippen LogP contribution in [0, 0.1) is 5.92 Å². The van der Waals surface area contributed by atoms with Crippen LogP contribution in [0.2, 0.25) is 0 Å². The lowest BCUT2D eigenvalue weighted by molar-refractivity contribution is 0.794. The highest BCUT2D eigenvalue weighted by Crippen LogP contribution is 2.07. The van der Waals surface area contributed by atoms with Gasteiger partial charge in [-0.15, -0.1) is 0 Å². The summed E-state index contributed by atoms with van der Waals surface area (Å²) in [7, 11) is 0. The molecule has 0 nitrogen and oxygen atoms in total. The van der Waals surface area contributed by atoms with Gasteiger partial charge in [-0.3, -0.25) is 0 Å². The third-order valence-corrected chi connectivity index (χ3v) is 1.31. The van der Waals surface area contributed by atoms with Crippen LogP contribution in [0.1, 0.15) is 28.6 Å². The fraction of sp³-hybridized carbons (Fsp3) is 0.556. The fourth-order valence-corrected chi connectivity index (χ4v) is 0.462. The first kappa shape index (κ1) is 8.48. The third kappa shape index (κ3) is 4.01. The Hall–Kier alpha value is -0.520. The van der Waals surface area contributed by atoms with Crippen LogP contribution in [0.25, 0.3) is 0 Å². The van der Waals surface area contributed by atoms with E-state index in [1.54, 1.807) is 0 Å². The summed E-state index contributed by atoms with van der Waals surface area (Å²) in [6, 6.07) is 0. The third-order valence-electron chi connectivity index (χ3n) is 1.31. The number of allylic oxidation sites excluding steroid dienone is 3. The van der Waals surface area contributed by atoms with Crippen LogP contribution in [0.3, 0.4) is 0 Å². The van der Waals surface area contributed by atoms with Crippen molar-refractivity contribution >= 4 is 0 Å². The summed E-state index contributed by atoms with van der Waals surface area (Å²) in [5.41, 5.74) is 1.22. The second kappa shape index (κ2) is 4.37. The minimum atomic E-state index is 0. The van der Waals surface area contributed by atoms with Gasteiger partial charge in [0.05, 0.1) is 0 Å². The topological polar surface area (TPSA) is 0 Å². The summed E-state index contributed by atoms with van der Waals surface area (Å²) >= 11 is 0. The second-order valence-electron chi connectivity index (χ2n) is 2.54. The molecule has 0 heterocycles. The maximum Gasteiger partial charge on any atom is 0 e. The monoisotopic (exact) mass is 126 g/mol. The first-order valence-corrected chi connectivity index (χ1v) is 3.53. The molecule has 0 saturated carbocycles. The summed E-state index contributed by atoms with van der Waals surface area (Å²) in [5, 5.41) is 0. The Balaban J connectivity index is 0. The van der Waals surface area contributed by atoms with Crippen molar-refractivity contribution in [2.24, 2.45) is 5.92 Å². The first-order chi connectivity index (χ1) is 4.18. The standard InChI is InChI=1S/C9H16.H2/c1-5-6-7-9(4)8(2)3;/h6-8H,4-5H2,1-3H3;1H/b7-6-;. The molecule has 9 heavy (non-hydrogen) atoms. The molecule has 0 amide bonds. The van der Waals surface area contributed by atoms with Gasteiger partial charge >= 0.3 is 0 Å². The molecule has 0 aliphatic carbocycles. The van der Waals surface area contributed by atoms with E-state index in [9.17, 15) is 0 Å². The highest BCUT2D eigenvalue weighted by Gasteiger charge is 1.92. The predicted molar refractivity (Wildman–Crippen MR) is 45.5 cm³/mol. The lowest BCUT2D eigenvalue weighted by Crippen LogP contribution is -1.86. The molecule has 0 radical (unpaired) electrons. The van der Waals surface area contributed by atoms with Crippen molar-refractivity contribution < 1.29 is 1.43 Å². The maximum absolute atomic E-state index is 3.90. The Morgan fingerprint density at radius 3 is 2.56 bits per heavy atom. The Morgan fingerprint density at radius 1 is 1.67 bits per heavy atom. The van der Waals surface area contributed by atoms with E-state index in [0.717, 1.165) is 6.42 Å². The zero-order chi connectivity index (χ0) is 7.28. The van der Waals surface area contributed by atoms with Gasteiger partial charge in [-0.05, 0) is 12.3 Å². The highest BCUT2D eigenvalue weighted by atomic mass is 14.0. The summed E-state index contributed by atoms with van der Waals surface area (Å²) in [6.45, 7) is 10.3. The molecule has 0 aromatic carbocycles. The average molecular weight is 126 g/mol. The maximum atomic E-state index is 3.90. The lowest BCUT2D eigenvalue weighted by Gasteiger charge is -2.01. The largest absolute Gasteiger partial charge is 0.0956 e. The molecule has 54 valence electrons. The van der Waals surface area contributed by atoms with Crippen molar-refractivity contribution in [1.29, 1.82) is 0 Å². The molecular formula is C9H18. The van der Waals surface area contributed by atoms with Crippen LogP contribution in [0.5, 0.6) is 0 Å². The number of rotatable bonds is 3. The second-order valence-corrected chi connectivity index (χ2v) is 2.54. The molecule has 0 N–H and O–H groups in total. The molecule has 0 aliphatic heterocycles. The number of hydrogen-bond donors (Lipinski definition) is 0. The molecule has 0 heteroatoms. The van der Waals surface area contributed by atoms with E-state index < -0.39 is 0 Å². The van der Waals surface area contributed by atoms with Crippen molar-refractivity contribution in [3.8, 4) is 0 Å². The Bertz CT molecular complexity index is 112. The number of hydrogen-bond acceptors (Lipinski definition) is 0. The zero-order valence-corrected chi connectivity index (χ0v) is 6.65. The highest BCUT2D eigenvalue weighted by molar-refractivity contribution is 5.15. The molecular weight excluding hydrogens is 108 g/mol. The van der Waals surface area contributed by atoms with E-state index in [0.29, 0.717) is 5.92 Å². The smallest absolute Gasteiger partial charge is 0 e. The van der Waals surface area contributed by atoms with Gasteiger partial charge in [-0.1, -0.05) is 45.1 Å². The van der Waals surface area contributed by atoms with Gasteiger partial charge in [0.2, 0.25) is 0 Å². The van der Waals surface area contributed by atoms with E-state index in [4.69, 9.17) is 0 Å². The molecule has 0 atom stereocenters. The summed E-state index contributed by atoms with van der Waals surface area (Å²) < 4.78 is 0. The van der Waals surface area contributed by atoms with E-state index in [1.165, 1.54) is 5.57 Å². The van der Waals surface area contributed by atoms with Crippen molar-refractivity contribution in [1.82, 2.24) is 0 Å². The SMILES string of the molecule is C=C(/C=C\CC)C(C)C.[HH]. The molecule has 0 aromatic heterocycles. The molecule has 0 rings (SSSR count). The van der Waals surface area contributed by atoms with Crippen LogP contribution < -0.4 is 0 Å². The molecule has 0 fully saturated rings. The van der Waals surface area contributed by atoms with Crippen molar-refractivity contribution in [3.05, 3.63) is 24.3 Å². The zero-order valence-electron chi connectivity index (χ0n) is 6.65. The molecule has 0 unspecified atom stereocenters. The average Bonchev–Trinajstić information content (AvgIpc) is 1.82. The first-order valence-electron chi connectivity index (χ1n) is 3.53. The Morgan fingerprint density at radius 2 is 2.22 bits per heavy atom. The van der Waals surface area contributed by atoms with Crippen molar-refractivity contribution in [2.75, 3.05) is 0 Å². The molecule has 0 spiro atoms. The van der Waals surface area contributed by atoms with E-state index in [1.807, 2.05) is 0 Å². The Labute approximate surface area is 59.8 Å². The fourth-order valence-electron chi connectivity index (χ4n) is 0.462. The normalized spacial score (nSPS) is 11.1. The van der Waals surface area contributed by atoms with Gasteiger partial charge in [0.15, 0.2) is 0 Å². The van der Waals surface area contributed by atoms with Gasteiger partial charge in [0.25, 0.3) is 0 Å². The molecule has 0 saturated heterocycles. The van der Waals surface area contributed by atoms with E-state index in [-0.39, 0.29) is 1.43 Å². The van der Waals surface area contributed by atoms with Crippen LogP contribution in [0.4, 0.5) is 0 Å². The predicted octanol–water partition coefficient (Wildman–Crippen LogP) is 3.41. The molecule has 0 aromatic rings. The van der Waals surface area contributed by atoms with Gasteiger partial charge < -0.3 is 0 Å². The van der Waals surface area contributed by atoms with Crippen molar-refractivity contribution in [2.45, 2.75) is 27.2 Å². The van der Waals surface area contributed by atoms with Gasteiger partial charge in [-0.2, -0.15) is 0 Å². The van der Waals surface area contributed by atoms with E-state index >= 15 is 0 Å². The summed E-state index contributed by atoms with van der Waals surface area (Å²) in [4.78, 5) is 0. The summed E-state index contributed by atoms with van der Waals surface area (Å²) in [5.74, 6) is 0.591. The van der Waals surface area contributed by atoms with Crippen LogP contribution >= 0.6 is 0 Å². The minimum absolute atomic E-state index is 0. The van der Waals surface area contributed by atoms with Gasteiger partial charge in [0.1, 0.15) is 0 Å². The Kier molecular flexibility index (Phi) is 4.12. The van der Waals surface area contributed by atoms with Gasteiger partial charge in [0, 0.05) is 1.43 Å².